The molecule has 0 aliphatic heterocycles. The Kier molecular flexibility index (Phi) is 4.04. The van der Waals surface area contributed by atoms with Crippen LogP contribution in [0.1, 0.15) is 23.2 Å². The Hall–Kier alpha value is -2.04. The molecule has 0 fully saturated rings. The summed E-state index contributed by atoms with van der Waals surface area (Å²) >= 11 is 0. The Labute approximate surface area is 112 Å². The number of benzene rings is 2. The van der Waals surface area contributed by atoms with Crippen molar-refractivity contribution in [2.45, 2.75) is 12.1 Å². The van der Waals surface area contributed by atoms with Crippen molar-refractivity contribution < 1.29 is 10.2 Å². The van der Waals surface area contributed by atoms with E-state index in [-0.39, 0.29) is 17.5 Å². The molecular weight excluding hydrogens is 240 g/mol. The van der Waals surface area contributed by atoms with E-state index >= 15 is 0 Å². The number of nitrogens with two attached hydrogens (primary N) is 1. The predicted octanol–water partition coefficient (Wildman–Crippen LogP) is 2.06. The zero-order valence-corrected chi connectivity index (χ0v) is 10.7. The summed E-state index contributed by atoms with van der Waals surface area (Å²) in [4.78, 5) is 0. The second-order valence-electron chi connectivity index (χ2n) is 4.41. The lowest BCUT2D eigenvalue weighted by Gasteiger charge is -2.25. The lowest BCUT2D eigenvalue weighted by Crippen LogP contribution is -2.29. The molecule has 2 aromatic rings. The third-order valence-electron chi connectivity index (χ3n) is 3.24. The van der Waals surface area contributed by atoms with Crippen molar-refractivity contribution >= 4 is 0 Å². The van der Waals surface area contributed by atoms with Crippen LogP contribution in [0.25, 0.3) is 0 Å². The van der Waals surface area contributed by atoms with Crippen molar-refractivity contribution in [1.29, 1.82) is 0 Å². The number of rotatable bonds is 4. The van der Waals surface area contributed by atoms with Crippen LogP contribution >= 0.6 is 0 Å². The van der Waals surface area contributed by atoms with Gasteiger partial charge < -0.3 is 21.3 Å². The first-order chi connectivity index (χ1) is 9.15. The zero-order chi connectivity index (χ0) is 13.8. The summed E-state index contributed by atoms with van der Waals surface area (Å²) in [7, 11) is 1.77. The van der Waals surface area contributed by atoms with Gasteiger partial charge in [0.25, 0.3) is 0 Å². The molecule has 0 bridgehead atoms. The Morgan fingerprint density at radius 3 is 1.84 bits per heavy atom. The molecule has 100 valence electrons. The highest BCUT2D eigenvalue weighted by atomic mass is 16.3. The minimum atomic E-state index is -0.459. The smallest absolute Gasteiger partial charge is 0.120 e. The van der Waals surface area contributed by atoms with Crippen LogP contribution in [0.4, 0.5) is 0 Å². The maximum Gasteiger partial charge on any atom is 0.120 e. The maximum absolute atomic E-state index is 9.92. The van der Waals surface area contributed by atoms with Gasteiger partial charge in [-0.3, -0.25) is 0 Å². The van der Waals surface area contributed by atoms with Gasteiger partial charge in [-0.1, -0.05) is 36.4 Å². The van der Waals surface area contributed by atoms with Crippen LogP contribution in [-0.2, 0) is 0 Å². The van der Waals surface area contributed by atoms with Crippen molar-refractivity contribution in [3.05, 3.63) is 59.7 Å². The fraction of sp³-hybridized carbons (Fsp3) is 0.200. The van der Waals surface area contributed by atoms with Gasteiger partial charge in [0, 0.05) is 11.1 Å². The highest BCUT2D eigenvalue weighted by molar-refractivity contribution is 5.40. The van der Waals surface area contributed by atoms with E-state index in [9.17, 15) is 10.2 Å². The summed E-state index contributed by atoms with van der Waals surface area (Å²) in [6, 6.07) is 13.3. The second kappa shape index (κ2) is 5.73. The van der Waals surface area contributed by atoms with Gasteiger partial charge in [0.15, 0.2) is 0 Å². The maximum atomic E-state index is 9.92. The van der Waals surface area contributed by atoms with E-state index in [4.69, 9.17) is 5.73 Å². The van der Waals surface area contributed by atoms with Crippen LogP contribution in [0, 0.1) is 0 Å². The summed E-state index contributed by atoms with van der Waals surface area (Å²) < 4.78 is 0. The standard InChI is InChI=1S/C15H18N2O2/c1-17-15(11-7-3-5-9-13(11)19)14(16)10-6-2-4-8-12(10)18/h2-9,14-15,17-19H,16H2,1H3. The number of likely N-dealkylation sites (N-methyl/N-ethyl adjacent to an activating group) is 1. The van der Waals surface area contributed by atoms with Crippen molar-refractivity contribution in [2.24, 2.45) is 5.73 Å². The molecule has 2 atom stereocenters. The molecule has 0 amide bonds. The van der Waals surface area contributed by atoms with Gasteiger partial charge in [-0.25, -0.2) is 0 Å². The second-order valence-corrected chi connectivity index (χ2v) is 4.41. The lowest BCUT2D eigenvalue weighted by molar-refractivity contribution is 0.415. The summed E-state index contributed by atoms with van der Waals surface area (Å²) in [5, 5.41) is 22.9. The van der Waals surface area contributed by atoms with Crippen LogP contribution in [-0.4, -0.2) is 17.3 Å². The SMILES string of the molecule is CNC(c1ccccc1O)C(N)c1ccccc1O. The minimum absolute atomic E-state index is 0.158. The van der Waals surface area contributed by atoms with Crippen LogP contribution in [0.2, 0.25) is 0 Å². The van der Waals surface area contributed by atoms with Gasteiger partial charge >= 0.3 is 0 Å². The van der Waals surface area contributed by atoms with E-state index in [0.29, 0.717) is 11.1 Å². The highest BCUT2D eigenvalue weighted by Crippen LogP contribution is 2.34. The van der Waals surface area contributed by atoms with Crippen LogP contribution in [0.3, 0.4) is 0 Å². The number of phenolic OH excluding ortho intramolecular Hbond substituents is 2. The Morgan fingerprint density at radius 1 is 0.895 bits per heavy atom. The van der Waals surface area contributed by atoms with Crippen molar-refractivity contribution in [2.75, 3.05) is 7.05 Å². The van der Waals surface area contributed by atoms with Crippen molar-refractivity contribution in [3.63, 3.8) is 0 Å². The average molecular weight is 258 g/mol. The van der Waals surface area contributed by atoms with Crippen LogP contribution in [0.5, 0.6) is 11.5 Å². The largest absolute Gasteiger partial charge is 0.508 e. The van der Waals surface area contributed by atoms with Gasteiger partial charge in [-0.05, 0) is 19.2 Å². The predicted molar refractivity (Wildman–Crippen MR) is 74.9 cm³/mol. The Bertz CT molecular complexity index is 557. The monoisotopic (exact) mass is 258 g/mol. The van der Waals surface area contributed by atoms with E-state index < -0.39 is 6.04 Å². The number of phenols is 2. The molecule has 0 radical (unpaired) electrons. The fourth-order valence-electron chi connectivity index (χ4n) is 2.23. The normalized spacial score (nSPS) is 14.0. The zero-order valence-electron chi connectivity index (χ0n) is 10.7. The van der Waals surface area contributed by atoms with E-state index in [1.165, 1.54) is 0 Å². The van der Waals surface area contributed by atoms with E-state index in [0.717, 1.165) is 0 Å². The lowest BCUT2D eigenvalue weighted by atomic mass is 9.93. The molecule has 4 nitrogen and oxygen atoms in total. The van der Waals surface area contributed by atoms with E-state index in [2.05, 4.69) is 5.32 Å². The molecule has 0 aliphatic carbocycles. The van der Waals surface area contributed by atoms with Crippen LogP contribution in [0.15, 0.2) is 48.5 Å². The molecule has 0 aliphatic rings. The number of hydrogen-bond acceptors (Lipinski definition) is 4. The van der Waals surface area contributed by atoms with Crippen LogP contribution < -0.4 is 11.1 Å². The van der Waals surface area contributed by atoms with Crippen molar-refractivity contribution in [1.82, 2.24) is 5.32 Å². The molecule has 2 unspecified atom stereocenters. The van der Waals surface area contributed by atoms with Gasteiger partial charge in [0.05, 0.1) is 12.1 Å². The number of para-hydroxylation sites is 2. The van der Waals surface area contributed by atoms with Gasteiger partial charge in [0.1, 0.15) is 11.5 Å². The summed E-state index contributed by atoms with van der Waals surface area (Å²) in [5.41, 5.74) is 7.57. The third kappa shape index (κ3) is 2.70. The number of aromatic hydroxyl groups is 2. The first kappa shape index (κ1) is 13.4. The molecule has 0 saturated heterocycles. The topological polar surface area (TPSA) is 78.5 Å². The third-order valence-corrected chi connectivity index (χ3v) is 3.24. The fourth-order valence-corrected chi connectivity index (χ4v) is 2.23. The summed E-state index contributed by atoms with van der Waals surface area (Å²) in [6.07, 6.45) is 0. The molecule has 0 heterocycles. The molecule has 5 N–H and O–H groups in total. The highest BCUT2D eigenvalue weighted by Gasteiger charge is 2.23. The quantitative estimate of drug-likeness (QED) is 0.677. The molecule has 19 heavy (non-hydrogen) atoms. The van der Waals surface area contributed by atoms with Gasteiger partial charge in [-0.2, -0.15) is 0 Å². The molecule has 0 spiro atoms. The average Bonchev–Trinajstić information content (AvgIpc) is 2.42. The first-order valence-electron chi connectivity index (χ1n) is 6.13. The number of nitrogens with one attached hydrogen (secondary N) is 1. The molecule has 0 saturated carbocycles. The van der Waals surface area contributed by atoms with E-state index in [1.54, 1.807) is 37.4 Å². The first-order valence-corrected chi connectivity index (χ1v) is 6.13. The van der Waals surface area contributed by atoms with Gasteiger partial charge in [-0.15, -0.1) is 0 Å². The Balaban J connectivity index is 2.38. The summed E-state index contributed by atoms with van der Waals surface area (Å²) in [5.74, 6) is 0.346. The van der Waals surface area contributed by atoms with Gasteiger partial charge in [0.2, 0.25) is 0 Å². The molecular formula is C15H18N2O2. The van der Waals surface area contributed by atoms with E-state index in [1.807, 2.05) is 18.2 Å². The van der Waals surface area contributed by atoms with Crippen molar-refractivity contribution in [3.8, 4) is 11.5 Å². The molecule has 2 aromatic carbocycles. The molecule has 2 rings (SSSR count). The minimum Gasteiger partial charge on any atom is -0.508 e. The number of hydrogen-bond donors (Lipinski definition) is 4. The Morgan fingerprint density at radius 2 is 1.37 bits per heavy atom. The molecule has 0 aromatic heterocycles. The summed E-state index contributed by atoms with van der Waals surface area (Å²) in [6.45, 7) is 0. The molecule has 4 heteroatoms.